The third kappa shape index (κ3) is 6.35. The van der Waals surface area contributed by atoms with E-state index in [1.165, 1.54) is 16.7 Å². The second-order valence-corrected chi connectivity index (χ2v) is 6.63. The highest BCUT2D eigenvalue weighted by atomic mass is 19.1. The Balaban J connectivity index is 2.13. The largest absolute Gasteiger partial charge is 0.494 e. The van der Waals surface area contributed by atoms with Crippen molar-refractivity contribution in [2.24, 2.45) is 0 Å². The topological polar surface area (TPSA) is 103 Å². The van der Waals surface area contributed by atoms with Crippen LogP contribution in [0.15, 0.2) is 33.9 Å². The molecule has 2 aromatic rings. The average molecular weight is 408 g/mol. The number of hydrogen-bond donors (Lipinski definition) is 2. The van der Waals surface area contributed by atoms with Gasteiger partial charge >= 0.3 is 5.69 Å². The zero-order valence-corrected chi connectivity index (χ0v) is 16.9. The second kappa shape index (κ2) is 11.3. The first-order chi connectivity index (χ1) is 14.0. The molecule has 8 nitrogen and oxygen atoms in total. The number of benzene rings is 1. The molecule has 9 heteroatoms. The van der Waals surface area contributed by atoms with Gasteiger partial charge in [-0.25, -0.2) is 9.18 Å². The normalized spacial score (nSPS) is 10.9. The highest BCUT2D eigenvalue weighted by Gasteiger charge is 2.18. The third-order valence-corrected chi connectivity index (χ3v) is 4.49. The van der Waals surface area contributed by atoms with Gasteiger partial charge in [-0.3, -0.25) is 14.3 Å². The van der Waals surface area contributed by atoms with E-state index in [4.69, 9.17) is 15.2 Å². The third-order valence-electron chi connectivity index (χ3n) is 4.49. The van der Waals surface area contributed by atoms with Gasteiger partial charge in [-0.05, 0) is 37.1 Å². The number of H-pyrrole nitrogens is 1. The molecule has 3 N–H and O–H groups in total. The van der Waals surface area contributed by atoms with Gasteiger partial charge in [0.15, 0.2) is 0 Å². The quantitative estimate of drug-likeness (QED) is 0.521. The van der Waals surface area contributed by atoms with E-state index in [0.29, 0.717) is 45.0 Å². The van der Waals surface area contributed by atoms with Crippen LogP contribution in [-0.2, 0) is 11.3 Å². The summed E-state index contributed by atoms with van der Waals surface area (Å²) in [5.74, 6) is 0.402. The zero-order chi connectivity index (χ0) is 21.2. The van der Waals surface area contributed by atoms with E-state index in [-0.39, 0.29) is 17.3 Å². The molecule has 0 atom stereocenters. The predicted molar refractivity (Wildman–Crippen MR) is 111 cm³/mol. The molecule has 0 radical (unpaired) electrons. The Labute approximate surface area is 169 Å². The number of nitrogens with one attached hydrogen (secondary N) is 1. The lowest BCUT2D eigenvalue weighted by atomic mass is 10.3. The van der Waals surface area contributed by atoms with Crippen LogP contribution in [0.2, 0.25) is 0 Å². The molecule has 1 aromatic heterocycles. The second-order valence-electron chi connectivity index (χ2n) is 6.63. The van der Waals surface area contributed by atoms with Crippen molar-refractivity contribution < 1.29 is 13.9 Å². The van der Waals surface area contributed by atoms with Crippen LogP contribution in [0.4, 0.5) is 15.9 Å². The van der Waals surface area contributed by atoms with Gasteiger partial charge < -0.3 is 20.1 Å². The molecule has 1 aromatic carbocycles. The summed E-state index contributed by atoms with van der Waals surface area (Å²) in [6.45, 7) is 4.14. The standard InChI is InChI=1S/C20H29FN4O4/c1-3-4-11-25-18(22)17(19(26)23-20(25)27)24(12-14-28-2)10-5-13-29-16-8-6-15(21)7-9-16/h6-9H,3-5,10-14,22H2,1-2H3,(H,23,26,27). The summed E-state index contributed by atoms with van der Waals surface area (Å²) in [7, 11) is 1.57. The van der Waals surface area contributed by atoms with Crippen LogP contribution in [-0.4, -0.2) is 43.0 Å². The van der Waals surface area contributed by atoms with E-state index in [1.54, 1.807) is 24.1 Å². The fourth-order valence-corrected chi connectivity index (χ4v) is 2.93. The molecule has 29 heavy (non-hydrogen) atoms. The van der Waals surface area contributed by atoms with Crippen LogP contribution in [0, 0.1) is 5.82 Å². The summed E-state index contributed by atoms with van der Waals surface area (Å²) in [5, 5.41) is 0. The van der Waals surface area contributed by atoms with Crippen LogP contribution in [0.3, 0.4) is 0 Å². The number of nitrogens with zero attached hydrogens (tertiary/aromatic N) is 2. The highest BCUT2D eigenvalue weighted by molar-refractivity contribution is 5.62. The Hall–Kier alpha value is -2.81. The summed E-state index contributed by atoms with van der Waals surface area (Å²) < 4.78 is 25.1. The maximum absolute atomic E-state index is 13.0. The number of nitrogen functional groups attached to an aromatic ring is 1. The van der Waals surface area contributed by atoms with Crippen LogP contribution < -0.4 is 26.6 Å². The van der Waals surface area contributed by atoms with E-state index >= 15 is 0 Å². The average Bonchev–Trinajstić information content (AvgIpc) is 2.69. The van der Waals surface area contributed by atoms with Gasteiger partial charge in [-0.1, -0.05) is 13.3 Å². The van der Waals surface area contributed by atoms with Crippen molar-refractivity contribution in [3.05, 3.63) is 50.9 Å². The SMILES string of the molecule is CCCCn1c(N)c(N(CCCOc2ccc(F)cc2)CCOC)c(=O)[nH]c1=O. The molecule has 0 aliphatic carbocycles. The van der Waals surface area contributed by atoms with Crippen molar-refractivity contribution in [2.75, 3.05) is 44.0 Å². The minimum Gasteiger partial charge on any atom is -0.494 e. The van der Waals surface area contributed by atoms with E-state index in [9.17, 15) is 14.0 Å². The Morgan fingerprint density at radius 1 is 1.14 bits per heavy atom. The van der Waals surface area contributed by atoms with Crippen molar-refractivity contribution >= 4 is 11.5 Å². The van der Waals surface area contributed by atoms with Crippen LogP contribution >= 0.6 is 0 Å². The summed E-state index contributed by atoms with van der Waals surface area (Å²) in [5.41, 5.74) is 5.44. The van der Waals surface area contributed by atoms with Crippen LogP contribution in [0.1, 0.15) is 26.2 Å². The van der Waals surface area contributed by atoms with Gasteiger partial charge in [0.05, 0.1) is 13.2 Å². The summed E-state index contributed by atoms with van der Waals surface area (Å²) >= 11 is 0. The number of ether oxygens (including phenoxy) is 2. The van der Waals surface area contributed by atoms with E-state index in [2.05, 4.69) is 4.98 Å². The first-order valence-electron chi connectivity index (χ1n) is 9.72. The monoisotopic (exact) mass is 408 g/mol. The van der Waals surface area contributed by atoms with Crippen molar-refractivity contribution in [2.45, 2.75) is 32.7 Å². The number of halogens is 1. The molecule has 0 spiro atoms. The van der Waals surface area contributed by atoms with E-state index in [1.807, 2.05) is 6.92 Å². The molecular formula is C20H29FN4O4. The number of aromatic amines is 1. The number of unbranched alkanes of at least 4 members (excludes halogenated alkanes) is 1. The fraction of sp³-hybridized carbons (Fsp3) is 0.500. The van der Waals surface area contributed by atoms with Gasteiger partial charge in [0, 0.05) is 26.7 Å². The van der Waals surface area contributed by atoms with E-state index < -0.39 is 11.2 Å². The summed E-state index contributed by atoms with van der Waals surface area (Å²) in [4.78, 5) is 28.8. The zero-order valence-electron chi connectivity index (χ0n) is 16.9. The Morgan fingerprint density at radius 2 is 1.86 bits per heavy atom. The minimum absolute atomic E-state index is 0.155. The molecular weight excluding hydrogens is 379 g/mol. The lowest BCUT2D eigenvalue weighted by Crippen LogP contribution is -2.40. The number of hydrogen-bond acceptors (Lipinski definition) is 6. The van der Waals surface area contributed by atoms with Gasteiger partial charge in [0.1, 0.15) is 23.1 Å². The van der Waals surface area contributed by atoms with Crippen molar-refractivity contribution in [3.8, 4) is 5.75 Å². The molecule has 0 saturated heterocycles. The van der Waals surface area contributed by atoms with Crippen molar-refractivity contribution in [1.82, 2.24) is 9.55 Å². The minimum atomic E-state index is -0.518. The maximum atomic E-state index is 13.0. The molecule has 0 bridgehead atoms. The summed E-state index contributed by atoms with van der Waals surface area (Å²) in [6.07, 6.45) is 2.27. The Morgan fingerprint density at radius 3 is 2.52 bits per heavy atom. The molecule has 1 heterocycles. The molecule has 0 aliphatic rings. The number of methoxy groups -OCH3 is 1. The maximum Gasteiger partial charge on any atom is 0.330 e. The Kier molecular flexibility index (Phi) is 8.72. The van der Waals surface area contributed by atoms with E-state index in [0.717, 1.165) is 12.8 Å². The molecule has 160 valence electrons. The Bertz CT molecular complexity index is 880. The van der Waals surface area contributed by atoms with Crippen molar-refractivity contribution in [3.63, 3.8) is 0 Å². The molecule has 0 aliphatic heterocycles. The highest BCUT2D eigenvalue weighted by Crippen LogP contribution is 2.18. The van der Waals surface area contributed by atoms with Gasteiger partial charge in [-0.2, -0.15) is 0 Å². The first-order valence-corrected chi connectivity index (χ1v) is 9.72. The number of nitrogens with two attached hydrogens (primary N) is 1. The molecule has 0 saturated carbocycles. The molecule has 0 amide bonds. The number of aromatic nitrogens is 2. The van der Waals surface area contributed by atoms with Gasteiger partial charge in [0.2, 0.25) is 0 Å². The van der Waals surface area contributed by atoms with Crippen molar-refractivity contribution in [1.29, 1.82) is 0 Å². The number of rotatable bonds is 12. The molecule has 2 rings (SSSR count). The lowest BCUT2D eigenvalue weighted by molar-refractivity contribution is 0.204. The number of anilines is 2. The van der Waals surface area contributed by atoms with Gasteiger partial charge in [-0.15, -0.1) is 0 Å². The van der Waals surface area contributed by atoms with Crippen LogP contribution in [0.5, 0.6) is 5.75 Å². The fourth-order valence-electron chi connectivity index (χ4n) is 2.93. The van der Waals surface area contributed by atoms with Gasteiger partial charge in [0.25, 0.3) is 5.56 Å². The molecule has 0 fully saturated rings. The predicted octanol–water partition coefficient (Wildman–Crippen LogP) is 1.98. The first kappa shape index (κ1) is 22.5. The lowest BCUT2D eigenvalue weighted by Gasteiger charge is -2.26. The summed E-state index contributed by atoms with van der Waals surface area (Å²) in [6, 6.07) is 5.79. The molecule has 0 unspecified atom stereocenters. The van der Waals surface area contributed by atoms with Crippen LogP contribution in [0.25, 0.3) is 0 Å². The smallest absolute Gasteiger partial charge is 0.330 e.